The molecule has 0 spiro atoms. The number of hydrogen-bond acceptors (Lipinski definition) is 4. The summed E-state index contributed by atoms with van der Waals surface area (Å²) in [7, 11) is -3.01. The molecule has 0 bridgehead atoms. The summed E-state index contributed by atoms with van der Waals surface area (Å²) in [6, 6.07) is 4.88. The average molecular weight is 282 g/mol. The van der Waals surface area contributed by atoms with E-state index in [4.69, 9.17) is 5.11 Å². The van der Waals surface area contributed by atoms with Gasteiger partial charge in [-0.05, 0) is 18.6 Å². The fraction of sp³-hybridized carbons (Fsp3) is 0.333. The number of aromatic carboxylic acids is 1. The molecule has 0 saturated heterocycles. The lowest BCUT2D eigenvalue weighted by molar-refractivity contribution is 0.0698. The second-order valence-corrected chi connectivity index (χ2v) is 6.66. The highest BCUT2D eigenvalue weighted by Gasteiger charge is 2.13. The summed E-state index contributed by atoms with van der Waals surface area (Å²) >= 11 is 0. The average Bonchev–Trinajstić information content (AvgIpc) is 2.70. The predicted octanol–water partition coefficient (Wildman–Crippen LogP) is 1.17. The molecular weight excluding hydrogens is 268 g/mol. The van der Waals surface area contributed by atoms with Crippen LogP contribution in [0.1, 0.15) is 16.8 Å². The van der Waals surface area contributed by atoms with Gasteiger partial charge in [0.05, 0.1) is 28.7 Å². The maximum atomic E-state index is 11.2. The number of imidazole rings is 1. The number of aromatic nitrogens is 2. The third kappa shape index (κ3) is 3.11. The van der Waals surface area contributed by atoms with E-state index in [0.29, 0.717) is 24.0 Å². The quantitative estimate of drug-likeness (QED) is 0.889. The SMILES string of the molecule is CS(=O)(=O)CCCn1cnc2cccc(C(=O)O)c21. The Bertz CT molecular complexity index is 718. The Kier molecular flexibility index (Phi) is 3.57. The van der Waals surface area contributed by atoms with Crippen LogP contribution in [0.15, 0.2) is 24.5 Å². The van der Waals surface area contributed by atoms with Gasteiger partial charge in [-0.2, -0.15) is 0 Å². The molecule has 19 heavy (non-hydrogen) atoms. The number of aryl methyl sites for hydroxylation is 1. The Hall–Kier alpha value is -1.89. The minimum Gasteiger partial charge on any atom is -0.478 e. The molecule has 1 heterocycles. The summed E-state index contributed by atoms with van der Waals surface area (Å²) < 4.78 is 23.8. The second kappa shape index (κ2) is 5.00. The van der Waals surface area contributed by atoms with Crippen molar-refractivity contribution in [2.45, 2.75) is 13.0 Å². The Morgan fingerprint density at radius 1 is 1.42 bits per heavy atom. The Morgan fingerprint density at radius 3 is 2.79 bits per heavy atom. The summed E-state index contributed by atoms with van der Waals surface area (Å²) in [5.74, 6) is -0.947. The Morgan fingerprint density at radius 2 is 2.16 bits per heavy atom. The van der Waals surface area contributed by atoms with Gasteiger partial charge in [-0.3, -0.25) is 0 Å². The van der Waals surface area contributed by atoms with Gasteiger partial charge < -0.3 is 9.67 Å². The number of hydrogen-bond donors (Lipinski definition) is 1. The highest BCUT2D eigenvalue weighted by molar-refractivity contribution is 7.90. The molecule has 6 nitrogen and oxygen atoms in total. The lowest BCUT2D eigenvalue weighted by atomic mass is 10.2. The first-order valence-electron chi connectivity index (χ1n) is 5.73. The maximum absolute atomic E-state index is 11.2. The van der Waals surface area contributed by atoms with Crippen molar-refractivity contribution in [2.24, 2.45) is 0 Å². The van der Waals surface area contributed by atoms with Crippen LogP contribution in [0, 0.1) is 0 Å². The number of rotatable bonds is 5. The van der Waals surface area contributed by atoms with E-state index in [1.165, 1.54) is 12.3 Å². The number of sulfone groups is 1. The van der Waals surface area contributed by atoms with Crippen LogP contribution in [-0.2, 0) is 16.4 Å². The second-order valence-electron chi connectivity index (χ2n) is 4.40. The van der Waals surface area contributed by atoms with Gasteiger partial charge in [0.2, 0.25) is 0 Å². The Balaban J connectivity index is 2.31. The highest BCUT2D eigenvalue weighted by atomic mass is 32.2. The van der Waals surface area contributed by atoms with E-state index in [-0.39, 0.29) is 11.3 Å². The van der Waals surface area contributed by atoms with Crippen molar-refractivity contribution in [1.82, 2.24) is 9.55 Å². The molecule has 0 saturated carbocycles. The van der Waals surface area contributed by atoms with E-state index in [1.807, 2.05) is 0 Å². The molecule has 1 aromatic carbocycles. The molecule has 0 amide bonds. The van der Waals surface area contributed by atoms with Crippen molar-refractivity contribution in [1.29, 1.82) is 0 Å². The maximum Gasteiger partial charge on any atom is 0.337 e. The van der Waals surface area contributed by atoms with Crippen molar-refractivity contribution >= 4 is 26.8 Å². The Labute approximate surface area is 110 Å². The molecule has 0 atom stereocenters. The predicted molar refractivity (Wildman–Crippen MR) is 71.0 cm³/mol. The van der Waals surface area contributed by atoms with Crippen LogP contribution < -0.4 is 0 Å². The van der Waals surface area contributed by atoms with Gasteiger partial charge in [0.15, 0.2) is 0 Å². The van der Waals surface area contributed by atoms with Crippen molar-refractivity contribution in [3.05, 3.63) is 30.1 Å². The van der Waals surface area contributed by atoms with E-state index in [0.717, 1.165) is 0 Å². The monoisotopic (exact) mass is 282 g/mol. The molecule has 0 aliphatic heterocycles. The third-order valence-corrected chi connectivity index (χ3v) is 3.81. The number of nitrogens with zero attached hydrogens (tertiary/aromatic N) is 2. The zero-order chi connectivity index (χ0) is 14.0. The van der Waals surface area contributed by atoms with Gasteiger partial charge in [0.1, 0.15) is 9.84 Å². The van der Waals surface area contributed by atoms with Crippen molar-refractivity contribution in [3.63, 3.8) is 0 Å². The van der Waals surface area contributed by atoms with E-state index >= 15 is 0 Å². The van der Waals surface area contributed by atoms with Gasteiger partial charge in [0.25, 0.3) is 0 Å². The summed E-state index contributed by atoms with van der Waals surface area (Å²) in [6.45, 7) is 0.424. The first kappa shape index (κ1) is 13.5. The van der Waals surface area contributed by atoms with Gasteiger partial charge in [-0.15, -0.1) is 0 Å². The largest absolute Gasteiger partial charge is 0.478 e. The van der Waals surface area contributed by atoms with E-state index < -0.39 is 15.8 Å². The molecule has 0 radical (unpaired) electrons. The summed E-state index contributed by atoms with van der Waals surface area (Å²) in [5, 5.41) is 9.14. The van der Waals surface area contributed by atoms with Crippen LogP contribution in [-0.4, -0.2) is 41.1 Å². The van der Waals surface area contributed by atoms with Crippen LogP contribution in [0.4, 0.5) is 0 Å². The number of carbonyl (C=O) groups is 1. The zero-order valence-electron chi connectivity index (χ0n) is 10.4. The summed E-state index contributed by atoms with van der Waals surface area (Å²) in [4.78, 5) is 15.3. The van der Waals surface area contributed by atoms with E-state index in [2.05, 4.69) is 4.98 Å². The summed E-state index contributed by atoms with van der Waals surface area (Å²) in [6.07, 6.45) is 3.15. The van der Waals surface area contributed by atoms with Crippen LogP contribution in [0.3, 0.4) is 0 Å². The van der Waals surface area contributed by atoms with Crippen molar-refractivity contribution in [3.8, 4) is 0 Å². The van der Waals surface area contributed by atoms with Gasteiger partial charge in [-0.1, -0.05) is 6.07 Å². The topological polar surface area (TPSA) is 89.3 Å². The van der Waals surface area contributed by atoms with Gasteiger partial charge in [-0.25, -0.2) is 18.2 Å². The molecule has 2 rings (SSSR count). The molecule has 0 aliphatic carbocycles. The molecule has 7 heteroatoms. The van der Waals surface area contributed by atoms with E-state index in [9.17, 15) is 13.2 Å². The molecule has 102 valence electrons. The molecule has 0 fully saturated rings. The minimum atomic E-state index is -3.01. The van der Waals surface area contributed by atoms with Crippen LogP contribution in [0.25, 0.3) is 11.0 Å². The first-order valence-corrected chi connectivity index (χ1v) is 7.79. The van der Waals surface area contributed by atoms with Gasteiger partial charge >= 0.3 is 5.97 Å². The molecule has 0 unspecified atom stereocenters. The number of para-hydroxylation sites is 1. The molecule has 1 N–H and O–H groups in total. The van der Waals surface area contributed by atoms with Crippen LogP contribution >= 0.6 is 0 Å². The fourth-order valence-corrected chi connectivity index (χ4v) is 2.62. The van der Waals surface area contributed by atoms with Crippen LogP contribution in [0.2, 0.25) is 0 Å². The number of fused-ring (bicyclic) bond motifs is 1. The number of benzene rings is 1. The molecule has 0 aliphatic rings. The zero-order valence-corrected chi connectivity index (χ0v) is 11.2. The standard InChI is InChI=1S/C12H14N2O4S/c1-19(17,18)7-3-6-14-8-13-10-5-2-4-9(11(10)14)12(15)16/h2,4-5,8H,3,6-7H2,1H3,(H,15,16). The third-order valence-electron chi connectivity index (χ3n) is 2.78. The van der Waals surface area contributed by atoms with Crippen molar-refractivity contribution in [2.75, 3.05) is 12.0 Å². The smallest absolute Gasteiger partial charge is 0.337 e. The van der Waals surface area contributed by atoms with Crippen LogP contribution in [0.5, 0.6) is 0 Å². The normalized spacial score (nSPS) is 11.8. The molecule has 2 aromatic rings. The minimum absolute atomic E-state index is 0.0713. The molecule has 1 aromatic heterocycles. The number of carboxylic acid groups (broad SMARTS) is 1. The van der Waals surface area contributed by atoms with E-state index in [1.54, 1.807) is 23.0 Å². The van der Waals surface area contributed by atoms with Crippen molar-refractivity contribution < 1.29 is 18.3 Å². The lowest BCUT2D eigenvalue weighted by Crippen LogP contribution is -2.08. The lowest BCUT2D eigenvalue weighted by Gasteiger charge is -2.05. The van der Waals surface area contributed by atoms with Gasteiger partial charge in [0, 0.05) is 12.8 Å². The highest BCUT2D eigenvalue weighted by Crippen LogP contribution is 2.18. The fourth-order valence-electron chi connectivity index (χ4n) is 1.97. The summed E-state index contributed by atoms with van der Waals surface area (Å²) in [5.41, 5.74) is 1.30. The molecular formula is C12H14N2O4S. The first-order chi connectivity index (χ1) is 8.88. The number of carboxylic acids is 1.